The van der Waals surface area contributed by atoms with Crippen molar-refractivity contribution in [1.29, 1.82) is 0 Å². The Morgan fingerprint density at radius 1 is 1.50 bits per heavy atom. The number of hydrogen-bond acceptors (Lipinski definition) is 4. The summed E-state index contributed by atoms with van der Waals surface area (Å²) in [7, 11) is -4.67. The van der Waals surface area contributed by atoms with Crippen molar-refractivity contribution in [2.75, 3.05) is 12.3 Å². The minimum atomic E-state index is -4.67. The van der Waals surface area contributed by atoms with Crippen LogP contribution in [-0.2, 0) is 10.4 Å². The smallest absolute Gasteiger partial charge is 0.285 e. The lowest BCUT2D eigenvalue weighted by atomic mass is 10.8. The molecule has 0 saturated carbocycles. The van der Waals surface area contributed by atoms with E-state index in [1.165, 1.54) is 5.75 Å². The van der Waals surface area contributed by atoms with Crippen molar-refractivity contribution >= 4 is 27.7 Å². The minimum Gasteiger partial charge on any atom is -0.285 e. The van der Waals surface area contributed by atoms with Crippen molar-refractivity contribution in [2.24, 2.45) is 4.99 Å². The summed E-state index contributed by atoms with van der Waals surface area (Å²) >= 11 is 1.78. The van der Waals surface area contributed by atoms with Crippen molar-refractivity contribution in [2.45, 2.75) is 0 Å². The fourth-order valence-electron chi connectivity index (χ4n) is 0.264. The van der Waals surface area contributed by atoms with E-state index in [9.17, 15) is 0 Å². The molecule has 0 bridgehead atoms. The Kier molecular flexibility index (Phi) is 4.62. The highest BCUT2D eigenvalue weighted by Gasteiger charge is 1.86. The largest absolute Gasteiger partial charge is 0.394 e. The van der Waals surface area contributed by atoms with Crippen molar-refractivity contribution < 1.29 is 17.5 Å². The molecule has 0 atom stereocenters. The Labute approximate surface area is 63.1 Å². The fraction of sp³-hybridized carbons (Fsp3) is 0.667. The molecule has 7 heteroatoms. The maximum Gasteiger partial charge on any atom is 0.394 e. The molecule has 0 aromatic carbocycles. The molecule has 0 fully saturated rings. The Morgan fingerprint density at radius 2 is 2.00 bits per heavy atom. The van der Waals surface area contributed by atoms with E-state index in [1.807, 2.05) is 5.55 Å². The van der Waals surface area contributed by atoms with Crippen LogP contribution in [-0.4, -0.2) is 35.4 Å². The van der Waals surface area contributed by atoms with E-state index in [4.69, 9.17) is 17.5 Å². The molecule has 1 heterocycles. The second-order valence-electron chi connectivity index (χ2n) is 1.33. The van der Waals surface area contributed by atoms with Gasteiger partial charge in [-0.15, -0.1) is 11.8 Å². The van der Waals surface area contributed by atoms with Crippen LogP contribution in [0.1, 0.15) is 0 Å². The van der Waals surface area contributed by atoms with Crippen LogP contribution < -0.4 is 0 Å². The van der Waals surface area contributed by atoms with E-state index in [-0.39, 0.29) is 0 Å². The Hall–Kier alpha value is -0.110. The number of nitrogens with zero attached hydrogens (tertiary/aromatic N) is 1. The normalized spacial score (nSPS) is 16.2. The van der Waals surface area contributed by atoms with Gasteiger partial charge in [0.05, 0.1) is 5.55 Å². The third-order valence-corrected chi connectivity index (χ3v) is 1.20. The van der Waals surface area contributed by atoms with Crippen LogP contribution in [0.3, 0.4) is 0 Å². The van der Waals surface area contributed by atoms with Gasteiger partial charge in [-0.2, -0.15) is 8.42 Å². The predicted octanol–water partition coefficient (Wildman–Crippen LogP) is 0.109. The lowest BCUT2D eigenvalue weighted by molar-refractivity contribution is 0.381. The van der Waals surface area contributed by atoms with E-state index in [0.717, 1.165) is 6.54 Å². The molecular weight excluding hydrogens is 178 g/mol. The van der Waals surface area contributed by atoms with Gasteiger partial charge in [-0.25, -0.2) is 0 Å². The molecule has 0 aromatic rings. The molecule has 0 unspecified atom stereocenters. The summed E-state index contributed by atoms with van der Waals surface area (Å²) in [5.74, 6) is 1.19. The summed E-state index contributed by atoms with van der Waals surface area (Å²) in [6, 6.07) is 0. The fourth-order valence-corrected chi connectivity index (χ4v) is 0.791. The van der Waals surface area contributed by atoms with Crippen molar-refractivity contribution in [3.8, 4) is 0 Å². The highest BCUT2D eigenvalue weighted by atomic mass is 32.3. The standard InChI is InChI=1S/C3H5NS.H2O4S/c1-2-5-3-4-1;1-5(2,3)4/h3H,1-2H2;(H2,1,2,3,4). The van der Waals surface area contributed by atoms with Crippen molar-refractivity contribution in [3.63, 3.8) is 0 Å². The quantitative estimate of drug-likeness (QED) is 0.523. The van der Waals surface area contributed by atoms with E-state index in [0.29, 0.717) is 0 Å². The summed E-state index contributed by atoms with van der Waals surface area (Å²) in [5, 5.41) is 0. The molecule has 60 valence electrons. The van der Waals surface area contributed by atoms with Crippen molar-refractivity contribution in [3.05, 3.63) is 0 Å². The molecule has 0 radical (unpaired) electrons. The van der Waals surface area contributed by atoms with Crippen LogP contribution in [0.5, 0.6) is 0 Å². The summed E-state index contributed by atoms with van der Waals surface area (Å²) in [5.41, 5.74) is 1.90. The molecule has 10 heavy (non-hydrogen) atoms. The summed E-state index contributed by atoms with van der Waals surface area (Å²) < 4.78 is 31.6. The Bertz CT molecular complexity index is 183. The molecule has 5 nitrogen and oxygen atoms in total. The van der Waals surface area contributed by atoms with E-state index in [2.05, 4.69) is 4.99 Å². The van der Waals surface area contributed by atoms with Crippen LogP contribution in [0.4, 0.5) is 0 Å². The van der Waals surface area contributed by atoms with E-state index >= 15 is 0 Å². The molecule has 0 amide bonds. The van der Waals surface area contributed by atoms with Gasteiger partial charge in [0, 0.05) is 12.3 Å². The van der Waals surface area contributed by atoms with Gasteiger partial charge in [0.25, 0.3) is 0 Å². The Morgan fingerprint density at radius 3 is 2.10 bits per heavy atom. The van der Waals surface area contributed by atoms with Crippen LogP contribution >= 0.6 is 11.8 Å². The molecule has 2 N–H and O–H groups in total. The van der Waals surface area contributed by atoms with Gasteiger partial charge < -0.3 is 0 Å². The lowest BCUT2D eigenvalue weighted by Crippen LogP contribution is -1.89. The number of rotatable bonds is 0. The summed E-state index contributed by atoms with van der Waals surface area (Å²) in [6.07, 6.45) is 0. The molecule has 0 spiro atoms. The first-order valence-corrected chi connectivity index (χ1v) is 4.74. The first-order chi connectivity index (χ1) is 4.50. The predicted molar refractivity (Wildman–Crippen MR) is 40.0 cm³/mol. The average molecular weight is 185 g/mol. The van der Waals surface area contributed by atoms with Crippen LogP contribution in [0, 0.1) is 0 Å². The SMILES string of the molecule is C1=NCCS1.O=S(=O)(O)O. The zero-order chi connectivity index (χ0) is 8.04. The minimum absolute atomic E-state index is 1.03. The average Bonchev–Trinajstić information content (AvgIpc) is 2.07. The third-order valence-electron chi connectivity index (χ3n) is 0.487. The van der Waals surface area contributed by atoms with Gasteiger partial charge in [0.1, 0.15) is 0 Å². The second-order valence-corrected chi connectivity index (χ2v) is 3.18. The molecular formula is C3H7NO4S2. The third kappa shape index (κ3) is 15.7. The van der Waals surface area contributed by atoms with E-state index < -0.39 is 10.4 Å². The first-order valence-electron chi connectivity index (χ1n) is 2.30. The maximum atomic E-state index is 8.74. The van der Waals surface area contributed by atoms with Gasteiger partial charge in [-0.1, -0.05) is 0 Å². The number of aliphatic imine (C=N–C) groups is 1. The molecule has 0 saturated heterocycles. The molecule has 1 aliphatic rings. The lowest BCUT2D eigenvalue weighted by Gasteiger charge is -1.68. The van der Waals surface area contributed by atoms with Crippen LogP contribution in [0.2, 0.25) is 0 Å². The van der Waals surface area contributed by atoms with Gasteiger partial charge in [-0.3, -0.25) is 14.1 Å². The van der Waals surface area contributed by atoms with E-state index in [1.54, 1.807) is 11.8 Å². The van der Waals surface area contributed by atoms with Gasteiger partial charge in [-0.05, 0) is 0 Å². The topological polar surface area (TPSA) is 87.0 Å². The highest BCUT2D eigenvalue weighted by molar-refractivity contribution is 8.12. The van der Waals surface area contributed by atoms with Crippen LogP contribution in [0.25, 0.3) is 0 Å². The van der Waals surface area contributed by atoms with Gasteiger partial charge >= 0.3 is 10.4 Å². The first kappa shape index (κ1) is 9.89. The molecule has 1 aliphatic heterocycles. The molecule has 0 aliphatic carbocycles. The van der Waals surface area contributed by atoms with Crippen molar-refractivity contribution in [1.82, 2.24) is 0 Å². The molecule has 1 rings (SSSR count). The summed E-state index contributed by atoms with van der Waals surface area (Å²) in [6.45, 7) is 1.03. The number of hydrogen-bond donors (Lipinski definition) is 2. The molecule has 0 aromatic heterocycles. The maximum absolute atomic E-state index is 8.74. The van der Waals surface area contributed by atoms with Crippen LogP contribution in [0.15, 0.2) is 4.99 Å². The highest BCUT2D eigenvalue weighted by Crippen LogP contribution is 1.99. The number of thioether (sulfide) groups is 1. The zero-order valence-corrected chi connectivity index (χ0v) is 6.60. The Balaban J connectivity index is 0.000000162. The van der Waals surface area contributed by atoms with Gasteiger partial charge in [0.2, 0.25) is 0 Å². The summed E-state index contributed by atoms with van der Waals surface area (Å²) in [4.78, 5) is 3.92. The van der Waals surface area contributed by atoms with Gasteiger partial charge in [0.15, 0.2) is 0 Å². The second kappa shape index (κ2) is 4.67. The zero-order valence-electron chi connectivity index (χ0n) is 4.97. The monoisotopic (exact) mass is 185 g/mol.